The highest BCUT2D eigenvalue weighted by Gasteiger charge is 2.25. The van der Waals surface area contributed by atoms with Crippen molar-refractivity contribution in [2.75, 3.05) is 6.54 Å². The fourth-order valence-corrected chi connectivity index (χ4v) is 3.75. The molecule has 0 bridgehead atoms. The molecule has 3 N–H and O–H groups in total. The van der Waals surface area contributed by atoms with Crippen LogP contribution in [0.5, 0.6) is 0 Å². The van der Waals surface area contributed by atoms with Gasteiger partial charge in [-0.25, -0.2) is 17.6 Å². The van der Waals surface area contributed by atoms with Crippen LogP contribution in [0.3, 0.4) is 0 Å². The van der Waals surface area contributed by atoms with Gasteiger partial charge in [0.25, 0.3) is 0 Å². The van der Waals surface area contributed by atoms with E-state index in [1.54, 1.807) is 0 Å². The molecule has 1 unspecified atom stereocenters. The van der Waals surface area contributed by atoms with E-state index >= 15 is 0 Å². The highest BCUT2D eigenvalue weighted by atomic mass is 19.1. The van der Waals surface area contributed by atoms with E-state index in [0.717, 1.165) is 0 Å². The van der Waals surface area contributed by atoms with Crippen molar-refractivity contribution in [3.63, 3.8) is 0 Å². The Morgan fingerprint density at radius 1 is 1.00 bits per heavy atom. The zero-order valence-electron chi connectivity index (χ0n) is 16.8. The Hall–Kier alpha value is -3.62. The largest absolute Gasteiger partial charge is 0.354 e. The fourth-order valence-electron chi connectivity index (χ4n) is 3.75. The van der Waals surface area contributed by atoms with E-state index in [4.69, 9.17) is 0 Å². The topological polar surface area (TPSA) is 74.0 Å². The zero-order chi connectivity index (χ0) is 22.8. The lowest BCUT2D eigenvalue weighted by molar-refractivity contribution is -0.127. The summed E-state index contributed by atoms with van der Waals surface area (Å²) in [6, 6.07) is 7.53. The summed E-state index contributed by atoms with van der Waals surface area (Å²) >= 11 is 0. The highest BCUT2D eigenvalue weighted by Crippen LogP contribution is 2.33. The average Bonchev–Trinajstić information content (AvgIpc) is 3.33. The Balaban J connectivity index is 1.63. The van der Waals surface area contributed by atoms with Crippen LogP contribution >= 0.6 is 0 Å². The van der Waals surface area contributed by atoms with Crippen molar-refractivity contribution < 1.29 is 27.2 Å². The van der Waals surface area contributed by atoms with E-state index in [-0.39, 0.29) is 30.3 Å². The molecule has 32 heavy (non-hydrogen) atoms. The average molecular weight is 445 g/mol. The van der Waals surface area contributed by atoms with E-state index in [2.05, 4.69) is 15.6 Å². The first-order chi connectivity index (χ1) is 15.3. The third kappa shape index (κ3) is 4.51. The van der Waals surface area contributed by atoms with Crippen molar-refractivity contribution in [2.24, 2.45) is 0 Å². The van der Waals surface area contributed by atoms with Crippen molar-refractivity contribution in [1.29, 1.82) is 0 Å². The number of aromatic amines is 1. The number of benzene rings is 2. The molecule has 1 atom stereocenters. The molecule has 0 saturated carbocycles. The summed E-state index contributed by atoms with van der Waals surface area (Å²) in [6.45, 7) is 0.495. The molecule has 1 aromatic heterocycles. The zero-order valence-corrected chi connectivity index (χ0v) is 16.8. The van der Waals surface area contributed by atoms with Gasteiger partial charge in [-0.3, -0.25) is 9.59 Å². The van der Waals surface area contributed by atoms with Crippen molar-refractivity contribution in [1.82, 2.24) is 15.6 Å². The number of aryl methyl sites for hydroxylation is 1. The third-order valence-corrected chi connectivity index (χ3v) is 5.31. The summed E-state index contributed by atoms with van der Waals surface area (Å²) in [5, 5.41) is 5.29. The molecule has 2 heterocycles. The number of amides is 2. The van der Waals surface area contributed by atoms with Crippen LogP contribution in [-0.4, -0.2) is 29.4 Å². The summed E-state index contributed by atoms with van der Waals surface area (Å²) in [7, 11) is 0. The van der Waals surface area contributed by atoms with Crippen LogP contribution < -0.4 is 10.6 Å². The summed E-state index contributed by atoms with van der Waals surface area (Å²) < 4.78 is 55.3. The molecule has 1 fully saturated rings. The number of nitrogens with one attached hydrogen (secondary N) is 3. The van der Waals surface area contributed by atoms with Crippen LogP contribution in [0.2, 0.25) is 0 Å². The predicted molar refractivity (Wildman–Crippen MR) is 109 cm³/mol. The summed E-state index contributed by atoms with van der Waals surface area (Å²) in [4.78, 5) is 26.9. The number of halogens is 4. The van der Waals surface area contributed by atoms with Crippen molar-refractivity contribution >= 4 is 11.8 Å². The van der Waals surface area contributed by atoms with Crippen LogP contribution in [0.25, 0.3) is 22.5 Å². The number of carbonyl (C=O) groups is 2. The van der Waals surface area contributed by atoms with Gasteiger partial charge in [0, 0.05) is 30.8 Å². The Morgan fingerprint density at radius 3 is 2.31 bits per heavy atom. The lowest BCUT2D eigenvalue weighted by Gasteiger charge is -2.10. The van der Waals surface area contributed by atoms with Gasteiger partial charge in [-0.1, -0.05) is 0 Å². The maximum absolute atomic E-state index is 14.3. The minimum Gasteiger partial charge on any atom is -0.354 e. The lowest BCUT2D eigenvalue weighted by Crippen LogP contribution is -2.40. The van der Waals surface area contributed by atoms with E-state index < -0.39 is 34.9 Å². The first-order valence-corrected chi connectivity index (χ1v) is 10.0. The van der Waals surface area contributed by atoms with Gasteiger partial charge in [-0.05, 0) is 54.3 Å². The van der Waals surface area contributed by atoms with Crippen molar-refractivity contribution in [3.8, 4) is 22.5 Å². The first-order valence-electron chi connectivity index (χ1n) is 10.0. The molecule has 0 radical (unpaired) electrons. The number of hydrogen-bond donors (Lipinski definition) is 3. The van der Waals surface area contributed by atoms with Gasteiger partial charge >= 0.3 is 0 Å². The van der Waals surface area contributed by atoms with E-state index in [0.29, 0.717) is 41.9 Å². The van der Waals surface area contributed by atoms with Gasteiger partial charge < -0.3 is 15.6 Å². The Labute approximate surface area is 180 Å². The molecule has 1 aliphatic heterocycles. The molecule has 166 valence electrons. The van der Waals surface area contributed by atoms with Crippen molar-refractivity contribution in [2.45, 2.75) is 25.3 Å². The maximum Gasteiger partial charge on any atom is 0.242 e. The predicted octanol–water partition coefficient (Wildman–Crippen LogP) is 3.84. The minimum atomic E-state index is -1.08. The quantitative estimate of drug-likeness (QED) is 0.505. The van der Waals surface area contributed by atoms with E-state index in [1.165, 1.54) is 30.3 Å². The molecular weight excluding hydrogens is 426 g/mol. The maximum atomic E-state index is 14.3. The Morgan fingerprint density at radius 2 is 1.69 bits per heavy atom. The van der Waals surface area contributed by atoms with Gasteiger partial charge in [0.1, 0.15) is 29.3 Å². The fraction of sp³-hybridized carbons (Fsp3) is 0.217. The number of rotatable bonds is 6. The molecule has 2 amide bonds. The van der Waals surface area contributed by atoms with Crippen LogP contribution in [0.15, 0.2) is 42.5 Å². The van der Waals surface area contributed by atoms with Gasteiger partial charge in [-0.2, -0.15) is 0 Å². The van der Waals surface area contributed by atoms with Gasteiger partial charge in [-0.15, -0.1) is 0 Å². The number of carbonyl (C=O) groups excluding carboxylic acids is 2. The summed E-state index contributed by atoms with van der Waals surface area (Å²) in [6.07, 6.45) is 0.709. The van der Waals surface area contributed by atoms with Crippen LogP contribution in [0.1, 0.15) is 18.4 Å². The summed E-state index contributed by atoms with van der Waals surface area (Å²) in [5.74, 6) is -4.23. The minimum absolute atomic E-state index is 0.0175. The second kappa shape index (κ2) is 8.86. The summed E-state index contributed by atoms with van der Waals surface area (Å²) in [5.41, 5.74) is 1.18. The van der Waals surface area contributed by atoms with E-state index in [1.807, 2.05) is 0 Å². The molecule has 5 nitrogen and oxygen atoms in total. The standard InChI is InChI=1S/C23H19F4N3O2/c24-14-4-1-12(2-5-14)22-13(3-6-20(31)29-18-7-8-28-23(18)32)9-19(30-22)21-16(26)10-15(25)11-17(21)27/h1-2,4-5,9-11,18,30H,3,6-8H2,(H,28,32)(H,29,31). The molecule has 0 aliphatic carbocycles. The van der Waals surface area contributed by atoms with Crippen LogP contribution in [-0.2, 0) is 16.0 Å². The Bertz CT molecular complexity index is 1150. The number of H-pyrrole nitrogens is 1. The second-order valence-electron chi connectivity index (χ2n) is 7.53. The highest BCUT2D eigenvalue weighted by molar-refractivity contribution is 5.89. The lowest BCUT2D eigenvalue weighted by atomic mass is 10.0. The third-order valence-electron chi connectivity index (χ3n) is 5.31. The number of hydrogen-bond acceptors (Lipinski definition) is 2. The smallest absolute Gasteiger partial charge is 0.242 e. The molecule has 0 spiro atoms. The van der Waals surface area contributed by atoms with Gasteiger partial charge in [0.15, 0.2) is 0 Å². The molecule has 3 aromatic rings. The normalized spacial score (nSPS) is 15.6. The van der Waals surface area contributed by atoms with Gasteiger partial charge in [0.05, 0.1) is 11.3 Å². The van der Waals surface area contributed by atoms with Gasteiger partial charge in [0.2, 0.25) is 11.8 Å². The monoisotopic (exact) mass is 445 g/mol. The molecule has 1 saturated heterocycles. The molecular formula is C23H19F4N3O2. The van der Waals surface area contributed by atoms with Crippen LogP contribution in [0.4, 0.5) is 17.6 Å². The Kier molecular flexibility index (Phi) is 5.98. The SMILES string of the molecule is O=C(CCc1cc(-c2c(F)cc(F)cc2F)[nH]c1-c1ccc(F)cc1)NC1CCNC1=O. The van der Waals surface area contributed by atoms with Crippen molar-refractivity contribution in [3.05, 3.63) is 71.3 Å². The molecule has 1 aliphatic rings. The molecule has 2 aromatic carbocycles. The second-order valence-corrected chi connectivity index (χ2v) is 7.53. The molecule has 9 heteroatoms. The number of aromatic nitrogens is 1. The first kappa shape index (κ1) is 21.6. The van der Waals surface area contributed by atoms with Crippen LogP contribution in [0, 0.1) is 23.3 Å². The van der Waals surface area contributed by atoms with E-state index in [9.17, 15) is 27.2 Å². The molecule has 4 rings (SSSR count).